The van der Waals surface area contributed by atoms with E-state index in [0.717, 1.165) is 24.4 Å². The molecule has 0 unspecified atom stereocenters. The van der Waals surface area contributed by atoms with Crippen LogP contribution in [0.25, 0.3) is 5.69 Å². The molecule has 2 amide bonds. The summed E-state index contributed by atoms with van der Waals surface area (Å²) in [5, 5.41) is 9.28. The van der Waals surface area contributed by atoms with Gasteiger partial charge in [-0.1, -0.05) is 48.2 Å². The van der Waals surface area contributed by atoms with Crippen molar-refractivity contribution in [3.8, 4) is 5.69 Å². The van der Waals surface area contributed by atoms with Crippen LogP contribution in [-0.4, -0.2) is 32.3 Å². The van der Waals surface area contributed by atoms with E-state index < -0.39 is 0 Å². The van der Waals surface area contributed by atoms with Gasteiger partial charge in [0.25, 0.3) is 5.91 Å². The highest BCUT2D eigenvalue weighted by Crippen LogP contribution is 2.41. The number of amides is 2. The number of carbonyl (C=O) groups excluding carboxylic acids is 2. The molecule has 7 nitrogen and oxygen atoms in total. The second-order valence-corrected chi connectivity index (χ2v) is 7.39. The van der Waals surface area contributed by atoms with Crippen LogP contribution < -0.4 is 10.9 Å². The van der Waals surface area contributed by atoms with Crippen molar-refractivity contribution in [3.63, 3.8) is 0 Å². The molecule has 1 aliphatic rings. The zero-order valence-corrected chi connectivity index (χ0v) is 15.9. The summed E-state index contributed by atoms with van der Waals surface area (Å²) in [4.78, 5) is 24.1. The number of rotatable bonds is 6. The molecule has 0 aliphatic heterocycles. The molecule has 8 heteroatoms. The first kappa shape index (κ1) is 18.2. The van der Waals surface area contributed by atoms with Gasteiger partial charge < -0.3 is 0 Å². The molecule has 0 bridgehead atoms. The fourth-order valence-corrected chi connectivity index (χ4v) is 3.51. The highest BCUT2D eigenvalue weighted by atomic mass is 32.2. The molecule has 1 saturated carbocycles. The second-order valence-electron chi connectivity index (χ2n) is 6.44. The average molecular weight is 393 g/mol. The van der Waals surface area contributed by atoms with Gasteiger partial charge in [-0.25, -0.2) is 0 Å². The Bertz CT molecular complexity index is 971. The van der Waals surface area contributed by atoms with Gasteiger partial charge in [-0.15, -0.1) is 10.2 Å². The molecular formula is C20H19N5O2S. The van der Waals surface area contributed by atoms with Crippen molar-refractivity contribution >= 4 is 23.6 Å². The van der Waals surface area contributed by atoms with Gasteiger partial charge in [0, 0.05) is 17.2 Å². The van der Waals surface area contributed by atoms with Crippen molar-refractivity contribution in [2.24, 2.45) is 0 Å². The second kappa shape index (κ2) is 8.26. The predicted octanol–water partition coefficient (Wildman–Crippen LogP) is 2.70. The smallest absolute Gasteiger partial charge is 0.269 e. The van der Waals surface area contributed by atoms with Gasteiger partial charge in [0.05, 0.1) is 5.75 Å². The standard InChI is InChI=1S/C20H19N5O2S/c26-17(21-23-19(27)15-7-3-1-4-8-15)13-28-20-24-22-18(14-11-12-14)25(20)16-9-5-2-6-10-16/h1-10,14H,11-13H2,(H,21,26)(H,23,27). The molecule has 0 spiro atoms. The van der Waals surface area contributed by atoms with Crippen LogP contribution in [0.5, 0.6) is 0 Å². The van der Waals surface area contributed by atoms with Gasteiger partial charge in [0.2, 0.25) is 5.91 Å². The number of carbonyl (C=O) groups is 2. The lowest BCUT2D eigenvalue weighted by atomic mass is 10.2. The summed E-state index contributed by atoms with van der Waals surface area (Å²) in [5.41, 5.74) is 6.32. The molecule has 4 rings (SSSR count). The van der Waals surface area contributed by atoms with E-state index in [1.807, 2.05) is 41.0 Å². The van der Waals surface area contributed by atoms with Crippen LogP contribution in [0.15, 0.2) is 65.8 Å². The Labute approximate surface area is 166 Å². The van der Waals surface area contributed by atoms with E-state index in [2.05, 4.69) is 21.0 Å². The number of hydrazine groups is 1. The minimum Gasteiger partial charge on any atom is -0.274 e. The van der Waals surface area contributed by atoms with Crippen molar-refractivity contribution in [3.05, 3.63) is 72.1 Å². The van der Waals surface area contributed by atoms with Crippen LogP contribution in [0.2, 0.25) is 0 Å². The molecule has 2 aromatic carbocycles. The van der Waals surface area contributed by atoms with Crippen LogP contribution >= 0.6 is 11.8 Å². The molecule has 3 aromatic rings. The lowest BCUT2D eigenvalue weighted by molar-refractivity contribution is -0.119. The zero-order valence-electron chi connectivity index (χ0n) is 15.0. The van der Waals surface area contributed by atoms with Gasteiger partial charge in [0.15, 0.2) is 5.16 Å². The molecule has 142 valence electrons. The SMILES string of the molecule is O=C(CSc1nnc(C2CC2)n1-c1ccccc1)NNC(=O)c1ccccc1. The van der Waals surface area contributed by atoms with Gasteiger partial charge >= 0.3 is 0 Å². The van der Waals surface area contributed by atoms with E-state index in [9.17, 15) is 9.59 Å². The summed E-state index contributed by atoms with van der Waals surface area (Å²) in [6.45, 7) is 0. The van der Waals surface area contributed by atoms with Crippen molar-refractivity contribution in [1.29, 1.82) is 0 Å². The minimum absolute atomic E-state index is 0.116. The normalized spacial score (nSPS) is 13.1. The van der Waals surface area contributed by atoms with Crippen molar-refractivity contribution < 1.29 is 9.59 Å². The third-order valence-corrected chi connectivity index (χ3v) is 5.23. The van der Waals surface area contributed by atoms with Gasteiger partial charge in [-0.2, -0.15) is 0 Å². The largest absolute Gasteiger partial charge is 0.274 e. The molecule has 1 aromatic heterocycles. The monoisotopic (exact) mass is 393 g/mol. The zero-order chi connectivity index (χ0) is 19.3. The summed E-state index contributed by atoms with van der Waals surface area (Å²) in [5.74, 6) is 0.810. The highest BCUT2D eigenvalue weighted by molar-refractivity contribution is 7.99. The molecule has 1 heterocycles. The Hall–Kier alpha value is -3.13. The minimum atomic E-state index is -0.359. The lowest BCUT2D eigenvalue weighted by Crippen LogP contribution is -2.42. The quantitative estimate of drug-likeness (QED) is 0.497. The summed E-state index contributed by atoms with van der Waals surface area (Å²) >= 11 is 1.29. The Morgan fingerprint density at radius 3 is 2.32 bits per heavy atom. The number of para-hydroxylation sites is 1. The van der Waals surface area contributed by atoms with E-state index in [0.29, 0.717) is 16.6 Å². The first-order valence-electron chi connectivity index (χ1n) is 9.00. The molecule has 1 aliphatic carbocycles. The van der Waals surface area contributed by atoms with Gasteiger partial charge in [-0.05, 0) is 37.1 Å². The maximum absolute atomic E-state index is 12.1. The molecule has 28 heavy (non-hydrogen) atoms. The number of nitrogens with one attached hydrogen (secondary N) is 2. The summed E-state index contributed by atoms with van der Waals surface area (Å²) in [6, 6.07) is 18.6. The fraction of sp³-hybridized carbons (Fsp3) is 0.200. The van der Waals surface area contributed by atoms with Gasteiger partial charge in [-0.3, -0.25) is 25.0 Å². The first-order chi connectivity index (χ1) is 13.7. The fourth-order valence-electron chi connectivity index (χ4n) is 2.75. The summed E-state index contributed by atoms with van der Waals surface area (Å²) in [7, 11) is 0. The van der Waals surface area contributed by atoms with Crippen LogP contribution in [0.4, 0.5) is 0 Å². The first-order valence-corrected chi connectivity index (χ1v) is 9.98. The Morgan fingerprint density at radius 2 is 1.64 bits per heavy atom. The maximum Gasteiger partial charge on any atom is 0.269 e. The number of thioether (sulfide) groups is 1. The van der Waals surface area contributed by atoms with Crippen molar-refractivity contribution in [1.82, 2.24) is 25.6 Å². The topological polar surface area (TPSA) is 88.9 Å². The number of hydrogen-bond donors (Lipinski definition) is 2. The van der Waals surface area contributed by atoms with E-state index in [4.69, 9.17) is 0 Å². The Morgan fingerprint density at radius 1 is 0.964 bits per heavy atom. The molecular weight excluding hydrogens is 374 g/mol. The maximum atomic E-state index is 12.1. The number of aromatic nitrogens is 3. The third kappa shape index (κ3) is 4.23. The molecule has 0 radical (unpaired) electrons. The number of hydrogen-bond acceptors (Lipinski definition) is 5. The molecule has 0 atom stereocenters. The average Bonchev–Trinajstić information content (AvgIpc) is 3.51. The lowest BCUT2D eigenvalue weighted by Gasteiger charge is -2.10. The predicted molar refractivity (Wildman–Crippen MR) is 106 cm³/mol. The van der Waals surface area contributed by atoms with E-state index in [-0.39, 0.29) is 17.6 Å². The molecule has 1 fully saturated rings. The van der Waals surface area contributed by atoms with Crippen LogP contribution in [0.3, 0.4) is 0 Å². The van der Waals surface area contributed by atoms with Crippen LogP contribution in [0.1, 0.15) is 34.9 Å². The Kier molecular flexibility index (Phi) is 5.38. The summed E-state index contributed by atoms with van der Waals surface area (Å²) in [6.07, 6.45) is 2.23. The number of benzene rings is 2. The molecule has 2 N–H and O–H groups in total. The third-order valence-electron chi connectivity index (χ3n) is 4.30. The van der Waals surface area contributed by atoms with Crippen LogP contribution in [-0.2, 0) is 4.79 Å². The Balaban J connectivity index is 1.38. The van der Waals surface area contributed by atoms with Crippen molar-refractivity contribution in [2.45, 2.75) is 23.9 Å². The molecule has 0 saturated heterocycles. The van der Waals surface area contributed by atoms with E-state index >= 15 is 0 Å². The van der Waals surface area contributed by atoms with Crippen LogP contribution in [0, 0.1) is 0 Å². The highest BCUT2D eigenvalue weighted by Gasteiger charge is 2.31. The van der Waals surface area contributed by atoms with Gasteiger partial charge in [0.1, 0.15) is 5.82 Å². The van der Waals surface area contributed by atoms with E-state index in [1.165, 1.54) is 11.8 Å². The number of nitrogens with zero attached hydrogens (tertiary/aromatic N) is 3. The summed E-state index contributed by atoms with van der Waals surface area (Å²) < 4.78 is 2.01. The van der Waals surface area contributed by atoms with Crippen molar-refractivity contribution in [2.75, 3.05) is 5.75 Å². The van der Waals surface area contributed by atoms with E-state index in [1.54, 1.807) is 24.3 Å².